The summed E-state index contributed by atoms with van der Waals surface area (Å²) in [5, 5.41) is 4.78. The molecule has 0 saturated carbocycles. The average Bonchev–Trinajstić information content (AvgIpc) is 3.14. The number of nitrogens with one attached hydrogen (secondary N) is 1. The Balaban J connectivity index is 1.35. The number of carbonyl (C=O) groups excluding carboxylic acids is 1. The highest BCUT2D eigenvalue weighted by Gasteiger charge is 2.21. The number of primary amides is 1. The standard InChI is InChI=1S/C23H29N5O3S/c1-14-10-18-22(25-15(2)26-23(18)32-14)27-17-6-8-28(9-7-17)12-16-4-5-19(20(11-16)30-3)31-13-21(24)29/h4-5,10-11,17H,6-9,12-13H2,1-3H3,(H2,24,29)(H,25,26,27). The second-order valence-electron chi connectivity index (χ2n) is 8.13. The van der Waals surface area contributed by atoms with Gasteiger partial charge in [-0.2, -0.15) is 0 Å². The largest absolute Gasteiger partial charge is 0.493 e. The van der Waals surface area contributed by atoms with E-state index in [-0.39, 0.29) is 6.61 Å². The number of piperidine rings is 1. The molecule has 4 rings (SSSR count). The predicted octanol–water partition coefficient (Wildman–Crippen LogP) is 3.26. The van der Waals surface area contributed by atoms with Gasteiger partial charge in [-0.05, 0) is 50.5 Å². The van der Waals surface area contributed by atoms with Crippen LogP contribution in [0.25, 0.3) is 10.2 Å². The molecule has 1 aromatic carbocycles. The smallest absolute Gasteiger partial charge is 0.255 e. The summed E-state index contributed by atoms with van der Waals surface area (Å²) in [5.74, 6) is 2.37. The van der Waals surface area contributed by atoms with E-state index in [4.69, 9.17) is 15.2 Å². The van der Waals surface area contributed by atoms with E-state index in [1.54, 1.807) is 18.4 Å². The van der Waals surface area contributed by atoms with Gasteiger partial charge in [0.2, 0.25) is 0 Å². The lowest BCUT2D eigenvalue weighted by atomic mass is 10.0. The van der Waals surface area contributed by atoms with Gasteiger partial charge in [-0.3, -0.25) is 9.69 Å². The first-order chi connectivity index (χ1) is 15.4. The van der Waals surface area contributed by atoms with Crippen molar-refractivity contribution in [3.05, 3.63) is 40.5 Å². The summed E-state index contributed by atoms with van der Waals surface area (Å²) in [6.07, 6.45) is 2.09. The van der Waals surface area contributed by atoms with Crippen molar-refractivity contribution >= 4 is 33.3 Å². The van der Waals surface area contributed by atoms with Gasteiger partial charge in [0.15, 0.2) is 18.1 Å². The van der Waals surface area contributed by atoms with Crippen LogP contribution in [0.5, 0.6) is 11.5 Å². The van der Waals surface area contributed by atoms with Crippen LogP contribution in [-0.2, 0) is 11.3 Å². The van der Waals surface area contributed by atoms with Crippen molar-refractivity contribution in [2.75, 3.05) is 32.1 Å². The molecule has 0 spiro atoms. The van der Waals surface area contributed by atoms with Crippen molar-refractivity contribution in [3.8, 4) is 11.5 Å². The van der Waals surface area contributed by atoms with Crippen molar-refractivity contribution in [2.45, 2.75) is 39.3 Å². The van der Waals surface area contributed by atoms with E-state index in [0.29, 0.717) is 17.5 Å². The van der Waals surface area contributed by atoms with Crippen LogP contribution in [0.4, 0.5) is 5.82 Å². The third kappa shape index (κ3) is 5.28. The molecule has 8 nitrogen and oxygen atoms in total. The molecule has 9 heteroatoms. The van der Waals surface area contributed by atoms with Crippen molar-refractivity contribution in [1.29, 1.82) is 0 Å². The maximum absolute atomic E-state index is 11.0. The number of hydrogen-bond donors (Lipinski definition) is 2. The Morgan fingerprint density at radius 3 is 2.72 bits per heavy atom. The number of thiophene rings is 1. The van der Waals surface area contributed by atoms with Gasteiger partial charge in [0, 0.05) is 30.6 Å². The molecule has 0 aliphatic carbocycles. The Bertz CT molecular complexity index is 1110. The third-order valence-corrected chi connectivity index (χ3v) is 6.50. The number of likely N-dealkylation sites (tertiary alicyclic amines) is 1. The first kappa shape index (κ1) is 22.3. The SMILES string of the molecule is COc1cc(CN2CCC(Nc3nc(C)nc4sc(C)cc34)CC2)ccc1OCC(N)=O. The highest BCUT2D eigenvalue weighted by molar-refractivity contribution is 7.18. The van der Waals surface area contributed by atoms with Crippen LogP contribution in [0.2, 0.25) is 0 Å². The summed E-state index contributed by atoms with van der Waals surface area (Å²) >= 11 is 1.71. The number of nitrogens with zero attached hydrogens (tertiary/aromatic N) is 3. The van der Waals surface area contributed by atoms with Crippen molar-refractivity contribution < 1.29 is 14.3 Å². The number of aromatic nitrogens is 2. The van der Waals surface area contributed by atoms with E-state index in [2.05, 4.69) is 33.2 Å². The van der Waals surface area contributed by atoms with E-state index in [1.165, 1.54) is 4.88 Å². The summed E-state index contributed by atoms with van der Waals surface area (Å²) in [6, 6.07) is 8.35. The molecule has 2 aromatic heterocycles. The van der Waals surface area contributed by atoms with Crippen LogP contribution in [0.3, 0.4) is 0 Å². The Kier molecular flexibility index (Phi) is 6.76. The number of aryl methyl sites for hydroxylation is 2. The molecule has 0 bridgehead atoms. The molecule has 170 valence electrons. The van der Waals surface area contributed by atoms with Gasteiger partial charge in [0.05, 0.1) is 12.5 Å². The monoisotopic (exact) mass is 455 g/mol. The molecule has 32 heavy (non-hydrogen) atoms. The summed E-state index contributed by atoms with van der Waals surface area (Å²) in [5.41, 5.74) is 6.30. The van der Waals surface area contributed by atoms with E-state index in [9.17, 15) is 4.79 Å². The average molecular weight is 456 g/mol. The highest BCUT2D eigenvalue weighted by atomic mass is 32.1. The Morgan fingerprint density at radius 2 is 2.00 bits per heavy atom. The molecular formula is C23H29N5O3S. The van der Waals surface area contributed by atoms with Crippen LogP contribution in [-0.4, -0.2) is 53.6 Å². The first-order valence-corrected chi connectivity index (χ1v) is 11.5. The molecule has 1 saturated heterocycles. The van der Waals surface area contributed by atoms with Gasteiger partial charge in [-0.1, -0.05) is 6.07 Å². The molecule has 1 aliphatic heterocycles. The molecule has 3 aromatic rings. The number of anilines is 1. The number of carbonyl (C=O) groups is 1. The minimum Gasteiger partial charge on any atom is -0.493 e. The normalized spacial score (nSPS) is 15.1. The second-order valence-corrected chi connectivity index (χ2v) is 9.37. The number of benzene rings is 1. The molecule has 0 atom stereocenters. The lowest BCUT2D eigenvalue weighted by Crippen LogP contribution is -2.38. The number of nitrogens with two attached hydrogens (primary N) is 1. The number of fused-ring (bicyclic) bond motifs is 1. The summed E-state index contributed by atoms with van der Waals surface area (Å²) < 4.78 is 10.8. The lowest BCUT2D eigenvalue weighted by molar-refractivity contribution is -0.119. The predicted molar refractivity (Wildman–Crippen MR) is 126 cm³/mol. The quantitative estimate of drug-likeness (QED) is 0.537. The zero-order valence-corrected chi connectivity index (χ0v) is 19.5. The van der Waals surface area contributed by atoms with Crippen LogP contribution >= 0.6 is 11.3 Å². The van der Waals surface area contributed by atoms with E-state index >= 15 is 0 Å². The van der Waals surface area contributed by atoms with Gasteiger partial charge >= 0.3 is 0 Å². The third-order valence-electron chi connectivity index (χ3n) is 5.56. The first-order valence-electron chi connectivity index (χ1n) is 10.7. The molecular weight excluding hydrogens is 426 g/mol. The fourth-order valence-electron chi connectivity index (χ4n) is 4.02. The molecule has 1 amide bonds. The van der Waals surface area contributed by atoms with E-state index < -0.39 is 5.91 Å². The van der Waals surface area contributed by atoms with Crippen molar-refractivity contribution in [3.63, 3.8) is 0 Å². The minimum absolute atomic E-state index is 0.167. The zero-order valence-electron chi connectivity index (χ0n) is 18.7. The van der Waals surface area contributed by atoms with Crippen molar-refractivity contribution in [1.82, 2.24) is 14.9 Å². The Labute approximate surface area is 191 Å². The van der Waals surface area contributed by atoms with Gasteiger partial charge in [0.25, 0.3) is 5.91 Å². The number of rotatable bonds is 8. The van der Waals surface area contributed by atoms with E-state index in [1.807, 2.05) is 25.1 Å². The van der Waals surface area contributed by atoms with Crippen LogP contribution in [0.1, 0.15) is 29.1 Å². The van der Waals surface area contributed by atoms with Crippen molar-refractivity contribution in [2.24, 2.45) is 5.73 Å². The minimum atomic E-state index is -0.514. The Morgan fingerprint density at radius 1 is 1.22 bits per heavy atom. The fraction of sp³-hybridized carbons (Fsp3) is 0.435. The van der Waals surface area contributed by atoms with Gasteiger partial charge in [-0.25, -0.2) is 9.97 Å². The topological polar surface area (TPSA) is 103 Å². The fourth-order valence-corrected chi connectivity index (χ4v) is 4.95. The number of methoxy groups -OCH3 is 1. The van der Waals surface area contributed by atoms with Crippen LogP contribution in [0, 0.1) is 13.8 Å². The van der Waals surface area contributed by atoms with E-state index in [0.717, 1.165) is 59.9 Å². The molecule has 1 fully saturated rings. The summed E-state index contributed by atoms with van der Waals surface area (Å²) in [6.45, 7) is 6.71. The molecule has 1 aliphatic rings. The second kappa shape index (κ2) is 9.70. The summed E-state index contributed by atoms with van der Waals surface area (Å²) in [4.78, 5) is 24.9. The molecule has 3 N–H and O–H groups in total. The molecule has 3 heterocycles. The van der Waals surface area contributed by atoms with Gasteiger partial charge in [0.1, 0.15) is 16.5 Å². The number of hydrogen-bond acceptors (Lipinski definition) is 8. The number of ether oxygens (including phenoxy) is 2. The molecule has 0 radical (unpaired) electrons. The van der Waals surface area contributed by atoms with Gasteiger partial charge < -0.3 is 20.5 Å². The summed E-state index contributed by atoms with van der Waals surface area (Å²) in [7, 11) is 1.59. The lowest BCUT2D eigenvalue weighted by Gasteiger charge is -2.32. The highest BCUT2D eigenvalue weighted by Crippen LogP contribution is 2.31. The Hall–Kier alpha value is -2.91. The number of amides is 1. The zero-order chi connectivity index (χ0) is 22.7. The van der Waals surface area contributed by atoms with Crippen LogP contribution < -0.4 is 20.5 Å². The maximum Gasteiger partial charge on any atom is 0.255 e. The maximum atomic E-state index is 11.0. The molecule has 0 unspecified atom stereocenters. The van der Waals surface area contributed by atoms with Gasteiger partial charge in [-0.15, -0.1) is 11.3 Å². The van der Waals surface area contributed by atoms with Crippen LogP contribution in [0.15, 0.2) is 24.3 Å².